The van der Waals surface area contributed by atoms with E-state index in [0.29, 0.717) is 25.7 Å². The lowest BCUT2D eigenvalue weighted by molar-refractivity contribution is -0.279. The van der Waals surface area contributed by atoms with Gasteiger partial charge in [0, 0.05) is 6.54 Å². The van der Waals surface area contributed by atoms with Gasteiger partial charge in [-0.2, -0.15) is 13.2 Å². The molecular weight excluding hydrogens is 219 g/mol. The van der Waals surface area contributed by atoms with Crippen LogP contribution in [0, 0.1) is 11.3 Å². The van der Waals surface area contributed by atoms with Gasteiger partial charge in [0.15, 0.2) is 5.60 Å². The zero-order valence-corrected chi connectivity index (χ0v) is 9.77. The molecule has 1 aliphatic rings. The minimum absolute atomic E-state index is 0.0810. The molecule has 1 atom stereocenters. The topological polar surface area (TPSA) is 46.2 Å². The highest BCUT2D eigenvalue weighted by atomic mass is 19.4. The zero-order valence-electron chi connectivity index (χ0n) is 9.77. The van der Waals surface area contributed by atoms with Crippen LogP contribution in [0.5, 0.6) is 0 Å². The first-order chi connectivity index (χ1) is 7.12. The molecule has 0 amide bonds. The second-order valence-electron chi connectivity index (χ2n) is 5.56. The van der Waals surface area contributed by atoms with E-state index in [9.17, 15) is 18.3 Å². The van der Waals surface area contributed by atoms with Gasteiger partial charge in [-0.3, -0.25) is 0 Å². The van der Waals surface area contributed by atoms with Crippen LogP contribution in [0.15, 0.2) is 0 Å². The SMILES string of the molecule is CC1(C)CCC(C(O)(CN)C(F)(F)F)CC1. The van der Waals surface area contributed by atoms with Crippen LogP contribution in [0.4, 0.5) is 13.2 Å². The van der Waals surface area contributed by atoms with E-state index in [2.05, 4.69) is 0 Å². The molecule has 1 saturated carbocycles. The van der Waals surface area contributed by atoms with Gasteiger partial charge in [0.2, 0.25) is 0 Å². The van der Waals surface area contributed by atoms with Crippen LogP contribution in [0.2, 0.25) is 0 Å². The minimum atomic E-state index is -4.63. The molecule has 96 valence electrons. The lowest BCUT2D eigenvalue weighted by Crippen LogP contribution is -2.57. The van der Waals surface area contributed by atoms with Crippen LogP contribution in [0.1, 0.15) is 39.5 Å². The summed E-state index contributed by atoms with van der Waals surface area (Å²) in [6.07, 6.45) is -2.44. The Bertz CT molecular complexity index is 242. The Morgan fingerprint density at radius 2 is 1.69 bits per heavy atom. The van der Waals surface area contributed by atoms with Gasteiger partial charge in [-0.1, -0.05) is 13.8 Å². The standard InChI is InChI=1S/C11H20F3NO/c1-9(2)5-3-8(4-6-9)10(16,7-15)11(12,13)14/h8,16H,3-7,15H2,1-2H3. The van der Waals surface area contributed by atoms with Crippen LogP contribution in [0.3, 0.4) is 0 Å². The van der Waals surface area contributed by atoms with Crippen molar-refractivity contribution in [1.82, 2.24) is 0 Å². The Morgan fingerprint density at radius 1 is 1.25 bits per heavy atom. The largest absolute Gasteiger partial charge is 0.418 e. The van der Waals surface area contributed by atoms with Crippen molar-refractivity contribution in [3.63, 3.8) is 0 Å². The monoisotopic (exact) mass is 239 g/mol. The lowest BCUT2D eigenvalue weighted by atomic mass is 9.68. The van der Waals surface area contributed by atoms with Crippen LogP contribution in [-0.4, -0.2) is 23.4 Å². The van der Waals surface area contributed by atoms with Gasteiger partial charge < -0.3 is 10.8 Å². The number of hydrogen-bond acceptors (Lipinski definition) is 2. The lowest BCUT2D eigenvalue weighted by Gasteiger charge is -2.43. The molecule has 1 rings (SSSR count). The second-order valence-corrected chi connectivity index (χ2v) is 5.56. The average molecular weight is 239 g/mol. The summed E-state index contributed by atoms with van der Waals surface area (Å²) in [6.45, 7) is 3.33. The van der Waals surface area contributed by atoms with Gasteiger partial charge in [-0.05, 0) is 37.0 Å². The molecule has 3 N–H and O–H groups in total. The first-order valence-corrected chi connectivity index (χ1v) is 5.61. The van der Waals surface area contributed by atoms with Gasteiger partial charge in [0.05, 0.1) is 0 Å². The molecule has 2 nitrogen and oxygen atoms in total. The Balaban J connectivity index is 2.77. The maximum absolute atomic E-state index is 12.8. The summed E-state index contributed by atoms with van der Waals surface area (Å²) in [5, 5.41) is 9.70. The Morgan fingerprint density at radius 3 is 2.00 bits per heavy atom. The molecule has 0 heterocycles. The summed E-state index contributed by atoms with van der Waals surface area (Å²) in [7, 11) is 0. The van der Waals surface area contributed by atoms with Crippen molar-refractivity contribution in [2.24, 2.45) is 17.1 Å². The van der Waals surface area contributed by atoms with Gasteiger partial charge in [-0.25, -0.2) is 0 Å². The van der Waals surface area contributed by atoms with Crippen molar-refractivity contribution in [1.29, 1.82) is 0 Å². The van der Waals surface area contributed by atoms with E-state index < -0.39 is 24.2 Å². The van der Waals surface area contributed by atoms with E-state index in [0.717, 1.165) is 0 Å². The third kappa shape index (κ3) is 2.51. The molecule has 0 radical (unpaired) electrons. The molecule has 0 aromatic rings. The van der Waals surface area contributed by atoms with Gasteiger partial charge in [-0.15, -0.1) is 0 Å². The number of aliphatic hydroxyl groups is 1. The number of hydrogen-bond donors (Lipinski definition) is 2. The number of halogens is 3. The Hall–Kier alpha value is -0.290. The summed E-state index contributed by atoms with van der Waals surface area (Å²) >= 11 is 0. The van der Waals surface area contributed by atoms with Gasteiger partial charge in [0.1, 0.15) is 0 Å². The molecule has 0 aliphatic heterocycles. The minimum Gasteiger partial charge on any atom is -0.379 e. The number of rotatable bonds is 2. The molecule has 1 unspecified atom stereocenters. The normalized spacial score (nSPS) is 26.4. The number of nitrogens with two attached hydrogens (primary N) is 1. The average Bonchev–Trinajstić information content (AvgIpc) is 2.14. The molecule has 16 heavy (non-hydrogen) atoms. The second kappa shape index (κ2) is 4.18. The Kier molecular flexibility index (Phi) is 3.60. The van der Waals surface area contributed by atoms with E-state index in [1.165, 1.54) is 0 Å². The molecule has 1 fully saturated rings. The quantitative estimate of drug-likeness (QED) is 0.777. The summed E-state index contributed by atoms with van der Waals surface area (Å²) in [5.41, 5.74) is 2.50. The highest BCUT2D eigenvalue weighted by molar-refractivity contribution is 4.97. The van der Waals surface area contributed by atoms with Gasteiger partial charge in [0.25, 0.3) is 0 Å². The summed E-state index contributed by atoms with van der Waals surface area (Å²) in [5.74, 6) is -0.759. The van der Waals surface area contributed by atoms with E-state index in [4.69, 9.17) is 5.73 Å². The van der Waals surface area contributed by atoms with Crippen molar-refractivity contribution in [2.45, 2.75) is 51.3 Å². The highest BCUT2D eigenvalue weighted by Gasteiger charge is 2.57. The smallest absolute Gasteiger partial charge is 0.379 e. The van der Waals surface area contributed by atoms with E-state index in [-0.39, 0.29) is 5.41 Å². The van der Waals surface area contributed by atoms with Crippen LogP contribution in [0.25, 0.3) is 0 Å². The van der Waals surface area contributed by atoms with E-state index >= 15 is 0 Å². The first-order valence-electron chi connectivity index (χ1n) is 5.61. The molecule has 1 aliphatic carbocycles. The maximum Gasteiger partial charge on any atom is 0.418 e. The molecule has 0 aromatic heterocycles. The molecule has 0 spiro atoms. The maximum atomic E-state index is 12.8. The van der Waals surface area contributed by atoms with Crippen molar-refractivity contribution in [3.8, 4) is 0 Å². The fraction of sp³-hybridized carbons (Fsp3) is 1.00. The van der Waals surface area contributed by atoms with Gasteiger partial charge >= 0.3 is 6.18 Å². The number of alkyl halides is 3. The third-order valence-corrected chi connectivity index (χ3v) is 3.82. The predicted octanol–water partition coefficient (Wildman–Crippen LogP) is 2.45. The Labute approximate surface area is 94.0 Å². The molecular formula is C11H20F3NO. The fourth-order valence-electron chi connectivity index (χ4n) is 2.39. The molecule has 0 aromatic carbocycles. The predicted molar refractivity (Wildman–Crippen MR) is 55.8 cm³/mol. The summed E-state index contributed by atoms with van der Waals surface area (Å²) in [4.78, 5) is 0. The van der Waals surface area contributed by atoms with E-state index in [1.807, 2.05) is 13.8 Å². The third-order valence-electron chi connectivity index (χ3n) is 3.82. The van der Waals surface area contributed by atoms with Crippen molar-refractivity contribution in [3.05, 3.63) is 0 Å². The fourth-order valence-corrected chi connectivity index (χ4v) is 2.39. The van der Waals surface area contributed by atoms with Crippen LogP contribution in [-0.2, 0) is 0 Å². The zero-order chi connectivity index (χ0) is 12.6. The molecule has 0 saturated heterocycles. The summed E-state index contributed by atoms with van der Waals surface area (Å²) in [6, 6.07) is 0. The van der Waals surface area contributed by atoms with Crippen LogP contribution < -0.4 is 5.73 Å². The highest BCUT2D eigenvalue weighted by Crippen LogP contribution is 2.46. The van der Waals surface area contributed by atoms with Crippen molar-refractivity contribution >= 4 is 0 Å². The van der Waals surface area contributed by atoms with Crippen LogP contribution >= 0.6 is 0 Å². The summed E-state index contributed by atoms with van der Waals surface area (Å²) < 4.78 is 38.3. The molecule has 5 heteroatoms. The van der Waals surface area contributed by atoms with Crippen molar-refractivity contribution < 1.29 is 18.3 Å². The van der Waals surface area contributed by atoms with Crippen molar-refractivity contribution in [2.75, 3.05) is 6.54 Å². The molecule has 0 bridgehead atoms. The first kappa shape index (κ1) is 13.8. The van der Waals surface area contributed by atoms with E-state index in [1.54, 1.807) is 0 Å².